The number of hydrogen-bond donors (Lipinski definition) is 3. The molecule has 1 aliphatic carbocycles. The van der Waals surface area contributed by atoms with E-state index >= 15 is 0 Å². The molecule has 9 heteroatoms. The Morgan fingerprint density at radius 2 is 1.68 bits per heavy atom. The number of carbonyl (C=O) groups is 2. The van der Waals surface area contributed by atoms with Gasteiger partial charge in [0.15, 0.2) is 0 Å². The van der Waals surface area contributed by atoms with Crippen LogP contribution >= 0.6 is 11.3 Å². The number of hydrazine groups is 1. The molecule has 0 saturated carbocycles. The van der Waals surface area contributed by atoms with Crippen molar-refractivity contribution in [2.45, 2.75) is 31.1 Å². The van der Waals surface area contributed by atoms with E-state index in [0.29, 0.717) is 10.6 Å². The highest BCUT2D eigenvalue weighted by molar-refractivity contribution is 7.92. The molecule has 0 atom stereocenters. The van der Waals surface area contributed by atoms with E-state index in [4.69, 9.17) is 0 Å². The average Bonchev–Trinajstić information content (AvgIpc) is 3.36. The van der Waals surface area contributed by atoms with E-state index < -0.39 is 21.8 Å². The first kappa shape index (κ1) is 21.1. The molecule has 3 N–H and O–H groups in total. The summed E-state index contributed by atoms with van der Waals surface area (Å²) in [6.45, 7) is 1.91. The van der Waals surface area contributed by atoms with E-state index in [2.05, 4.69) is 15.6 Å². The Kier molecular flexibility index (Phi) is 5.79. The van der Waals surface area contributed by atoms with Crippen molar-refractivity contribution >= 4 is 38.9 Å². The predicted octanol–water partition coefficient (Wildman–Crippen LogP) is 3.42. The molecule has 160 valence electrons. The molecule has 2 amide bonds. The Hall–Kier alpha value is -3.17. The summed E-state index contributed by atoms with van der Waals surface area (Å²) in [7, 11) is -3.87. The number of nitrogens with one attached hydrogen (secondary N) is 3. The fourth-order valence-electron chi connectivity index (χ4n) is 3.33. The van der Waals surface area contributed by atoms with Crippen molar-refractivity contribution in [3.8, 4) is 0 Å². The lowest BCUT2D eigenvalue weighted by Gasteiger charge is -2.10. The average molecular weight is 456 g/mol. The maximum absolute atomic E-state index is 12.7. The number of hydrogen-bond acceptors (Lipinski definition) is 5. The lowest BCUT2D eigenvalue weighted by Crippen LogP contribution is -2.41. The highest BCUT2D eigenvalue weighted by atomic mass is 32.2. The minimum Gasteiger partial charge on any atom is -0.280 e. The van der Waals surface area contributed by atoms with Crippen LogP contribution in [-0.4, -0.2) is 20.2 Å². The monoisotopic (exact) mass is 455 g/mol. The lowest BCUT2D eigenvalue weighted by atomic mass is 10.2. The quantitative estimate of drug-likeness (QED) is 0.513. The molecule has 3 aromatic rings. The Labute approximate surface area is 184 Å². The van der Waals surface area contributed by atoms with Gasteiger partial charge in [-0.3, -0.25) is 25.2 Å². The molecule has 0 radical (unpaired) electrons. The van der Waals surface area contributed by atoms with Gasteiger partial charge in [-0.2, -0.15) is 0 Å². The Balaban J connectivity index is 1.42. The zero-order valence-corrected chi connectivity index (χ0v) is 18.4. The minimum absolute atomic E-state index is 0.0540. The van der Waals surface area contributed by atoms with Crippen LogP contribution in [0.2, 0.25) is 0 Å². The van der Waals surface area contributed by atoms with Crippen molar-refractivity contribution in [2.75, 3.05) is 4.72 Å². The van der Waals surface area contributed by atoms with Crippen molar-refractivity contribution in [1.29, 1.82) is 0 Å². The summed E-state index contributed by atoms with van der Waals surface area (Å²) in [5.74, 6) is -0.998. The van der Waals surface area contributed by atoms with Gasteiger partial charge in [-0.15, -0.1) is 11.3 Å². The standard InChI is InChI=1S/C22H21N3O4S2/c1-14-8-10-17(11-9-14)25-31(28,29)18-6-2-5-16(12-18)21(26)23-24-22(27)20-13-15-4-3-7-19(15)30-20/h2,5-6,8-13,25H,3-4,7H2,1H3,(H,23,26)(H,24,27). The molecule has 1 aromatic heterocycles. The molecular formula is C22H21N3O4S2. The van der Waals surface area contributed by atoms with E-state index in [1.54, 1.807) is 24.3 Å². The zero-order chi connectivity index (χ0) is 22.0. The number of amides is 2. The van der Waals surface area contributed by atoms with Gasteiger partial charge in [-0.05, 0) is 68.1 Å². The van der Waals surface area contributed by atoms with Gasteiger partial charge >= 0.3 is 0 Å². The first-order chi connectivity index (χ1) is 14.8. The van der Waals surface area contributed by atoms with Gasteiger partial charge < -0.3 is 0 Å². The second-order valence-corrected chi connectivity index (χ2v) is 10.1. The largest absolute Gasteiger partial charge is 0.280 e. The van der Waals surface area contributed by atoms with Gasteiger partial charge in [-0.25, -0.2) is 8.42 Å². The molecule has 1 heterocycles. The number of sulfonamides is 1. The third kappa shape index (κ3) is 4.78. The molecule has 0 saturated heterocycles. The SMILES string of the molecule is Cc1ccc(NS(=O)(=O)c2cccc(C(=O)NNC(=O)c3cc4c(s3)CCC4)c2)cc1. The predicted molar refractivity (Wildman–Crippen MR) is 120 cm³/mol. The number of thiophene rings is 1. The molecule has 4 rings (SSSR count). The van der Waals surface area contributed by atoms with Crippen LogP contribution in [0.5, 0.6) is 0 Å². The summed E-state index contributed by atoms with van der Waals surface area (Å²) in [5, 5.41) is 0. The van der Waals surface area contributed by atoms with Crippen molar-refractivity contribution in [3.05, 3.63) is 81.0 Å². The summed E-state index contributed by atoms with van der Waals surface area (Å²) < 4.78 is 27.8. The summed E-state index contributed by atoms with van der Waals surface area (Å²) >= 11 is 1.43. The summed E-state index contributed by atoms with van der Waals surface area (Å²) in [4.78, 5) is 26.5. The van der Waals surface area contributed by atoms with Gasteiger partial charge in [0.25, 0.3) is 21.8 Å². The van der Waals surface area contributed by atoms with Crippen LogP contribution in [0.3, 0.4) is 0 Å². The van der Waals surface area contributed by atoms with E-state index in [9.17, 15) is 18.0 Å². The Morgan fingerprint density at radius 3 is 2.42 bits per heavy atom. The van der Waals surface area contributed by atoms with Gasteiger partial charge in [0.1, 0.15) is 0 Å². The normalized spacial score (nSPS) is 12.8. The van der Waals surface area contributed by atoms with Gasteiger partial charge in [0.05, 0.1) is 9.77 Å². The van der Waals surface area contributed by atoms with Crippen molar-refractivity contribution in [2.24, 2.45) is 0 Å². The molecule has 0 unspecified atom stereocenters. The maximum atomic E-state index is 12.7. The van der Waals surface area contributed by atoms with E-state index in [-0.39, 0.29) is 10.5 Å². The van der Waals surface area contributed by atoms with Crippen LogP contribution in [-0.2, 0) is 22.9 Å². The molecule has 0 spiro atoms. The maximum Gasteiger partial charge on any atom is 0.279 e. The van der Waals surface area contributed by atoms with E-state index in [1.807, 2.05) is 13.0 Å². The number of aryl methyl sites for hydroxylation is 3. The third-order valence-corrected chi connectivity index (χ3v) is 7.59. The molecule has 31 heavy (non-hydrogen) atoms. The molecule has 1 aliphatic rings. The highest BCUT2D eigenvalue weighted by Crippen LogP contribution is 2.30. The number of anilines is 1. The first-order valence-electron chi connectivity index (χ1n) is 9.74. The van der Waals surface area contributed by atoms with E-state index in [0.717, 1.165) is 24.8 Å². The van der Waals surface area contributed by atoms with Crippen LogP contribution in [0.4, 0.5) is 5.69 Å². The van der Waals surface area contributed by atoms with Crippen LogP contribution in [0.15, 0.2) is 59.5 Å². The van der Waals surface area contributed by atoms with Crippen LogP contribution < -0.4 is 15.6 Å². The fourth-order valence-corrected chi connectivity index (χ4v) is 5.58. The van der Waals surface area contributed by atoms with Crippen LogP contribution in [0, 0.1) is 6.92 Å². The number of rotatable bonds is 5. The number of fused-ring (bicyclic) bond motifs is 1. The van der Waals surface area contributed by atoms with Crippen LogP contribution in [0.25, 0.3) is 0 Å². The van der Waals surface area contributed by atoms with Gasteiger partial charge in [-0.1, -0.05) is 23.8 Å². The molecule has 0 fully saturated rings. The number of carbonyl (C=O) groups excluding carboxylic acids is 2. The summed E-state index contributed by atoms with van der Waals surface area (Å²) in [5.41, 5.74) is 7.49. The fraction of sp³-hybridized carbons (Fsp3) is 0.182. The second kappa shape index (κ2) is 8.52. The molecule has 2 aromatic carbocycles. The van der Waals surface area contributed by atoms with Gasteiger partial charge in [0.2, 0.25) is 0 Å². The number of benzene rings is 2. The van der Waals surface area contributed by atoms with Gasteiger partial charge in [0, 0.05) is 16.1 Å². The second-order valence-electron chi connectivity index (χ2n) is 7.32. The zero-order valence-electron chi connectivity index (χ0n) is 16.8. The summed E-state index contributed by atoms with van der Waals surface area (Å²) in [6.07, 6.45) is 3.07. The van der Waals surface area contributed by atoms with Crippen molar-refractivity contribution in [1.82, 2.24) is 10.9 Å². The van der Waals surface area contributed by atoms with E-state index in [1.165, 1.54) is 46.0 Å². The highest BCUT2D eigenvalue weighted by Gasteiger charge is 2.20. The molecule has 7 nitrogen and oxygen atoms in total. The lowest BCUT2D eigenvalue weighted by molar-refractivity contribution is 0.0848. The topological polar surface area (TPSA) is 104 Å². The van der Waals surface area contributed by atoms with Crippen molar-refractivity contribution in [3.63, 3.8) is 0 Å². The first-order valence-corrected chi connectivity index (χ1v) is 12.0. The molecular weight excluding hydrogens is 434 g/mol. The Morgan fingerprint density at radius 1 is 0.935 bits per heavy atom. The smallest absolute Gasteiger partial charge is 0.279 e. The third-order valence-electron chi connectivity index (χ3n) is 4.97. The minimum atomic E-state index is -3.87. The molecule has 0 bridgehead atoms. The molecule has 0 aliphatic heterocycles. The van der Waals surface area contributed by atoms with Crippen molar-refractivity contribution < 1.29 is 18.0 Å². The summed E-state index contributed by atoms with van der Waals surface area (Å²) in [6, 6.07) is 14.4. The van der Waals surface area contributed by atoms with Crippen LogP contribution in [0.1, 0.15) is 42.5 Å². The Bertz CT molecular complexity index is 1230.